The van der Waals surface area contributed by atoms with Gasteiger partial charge in [-0.3, -0.25) is 0 Å². The zero-order valence-corrected chi connectivity index (χ0v) is 11.5. The highest BCUT2D eigenvalue weighted by atomic mass is 127. The van der Waals surface area contributed by atoms with E-state index in [0.717, 1.165) is 11.1 Å². The van der Waals surface area contributed by atoms with Crippen LogP contribution in [-0.4, -0.2) is 0 Å². The van der Waals surface area contributed by atoms with E-state index in [1.807, 2.05) is 19.9 Å². The van der Waals surface area contributed by atoms with Crippen molar-refractivity contribution in [3.8, 4) is 0 Å². The van der Waals surface area contributed by atoms with Crippen molar-refractivity contribution in [2.24, 2.45) is 0 Å². The molecule has 0 heterocycles. The number of hydrogen-bond donors (Lipinski definition) is 0. The molecule has 0 amide bonds. The van der Waals surface area contributed by atoms with Crippen LogP contribution in [0.3, 0.4) is 0 Å². The molecule has 0 saturated heterocycles. The average molecular weight is 327 g/mol. The summed E-state index contributed by atoms with van der Waals surface area (Å²) >= 11 is -0.194. The summed E-state index contributed by atoms with van der Waals surface area (Å²) in [5.74, 6) is -0.129. The monoisotopic (exact) mass is 327 g/mol. The van der Waals surface area contributed by atoms with Gasteiger partial charge in [-0.05, 0) is 38.1 Å². The van der Waals surface area contributed by atoms with E-state index < -0.39 is 0 Å². The van der Waals surface area contributed by atoms with Crippen molar-refractivity contribution in [1.82, 2.24) is 0 Å². The van der Waals surface area contributed by atoms with Crippen LogP contribution in [-0.2, 0) is 0 Å². The summed E-state index contributed by atoms with van der Waals surface area (Å²) in [5.41, 5.74) is 2.16. The van der Waals surface area contributed by atoms with Crippen molar-refractivity contribution < 1.29 is 25.6 Å². The van der Waals surface area contributed by atoms with Gasteiger partial charge in [0.2, 0.25) is 0 Å². The Morgan fingerprint density at radius 3 is 2.06 bits per heavy atom. The van der Waals surface area contributed by atoms with Crippen LogP contribution in [0.2, 0.25) is 0 Å². The van der Waals surface area contributed by atoms with E-state index in [4.69, 9.17) is 0 Å². The third-order valence-electron chi connectivity index (χ3n) is 2.34. The van der Waals surface area contributed by atoms with Crippen LogP contribution in [0.25, 0.3) is 0 Å². The summed E-state index contributed by atoms with van der Waals surface area (Å²) in [5, 5.41) is 0. The summed E-state index contributed by atoms with van der Waals surface area (Å²) in [6.45, 7) is 3.99. The topological polar surface area (TPSA) is 0 Å². The highest BCUT2D eigenvalue weighted by molar-refractivity contribution is 5.21. The first-order valence-corrected chi connectivity index (χ1v) is 7.29. The highest BCUT2D eigenvalue weighted by Gasteiger charge is 2.21. The molecule has 82 valence electrons. The standard InChI is InChI=1S/C14H13FI/c1-10-8-12(15)9-11(2)14(10)16-13-6-4-3-5-7-13/h3-9H,1-2H3/q+1. The molecule has 0 N–H and O–H groups in total. The van der Waals surface area contributed by atoms with Gasteiger partial charge in [0.25, 0.3) is 0 Å². The Kier molecular flexibility index (Phi) is 3.59. The summed E-state index contributed by atoms with van der Waals surface area (Å²) in [6.07, 6.45) is 0. The molecule has 16 heavy (non-hydrogen) atoms. The third-order valence-corrected chi connectivity index (χ3v) is 5.92. The highest BCUT2D eigenvalue weighted by Crippen LogP contribution is 2.07. The number of benzene rings is 2. The molecule has 0 radical (unpaired) electrons. The molecular formula is C14H13FI+. The largest absolute Gasteiger partial charge is 0.358 e. The second-order valence-corrected chi connectivity index (χ2v) is 6.61. The molecule has 2 aromatic rings. The molecule has 0 aliphatic heterocycles. The van der Waals surface area contributed by atoms with Crippen molar-refractivity contribution >= 4 is 0 Å². The molecule has 0 atom stereocenters. The fourth-order valence-electron chi connectivity index (χ4n) is 1.63. The first kappa shape index (κ1) is 11.6. The van der Waals surface area contributed by atoms with E-state index in [1.165, 1.54) is 7.14 Å². The summed E-state index contributed by atoms with van der Waals surface area (Å²) in [4.78, 5) is 0. The molecule has 2 aromatic carbocycles. The molecule has 0 saturated carbocycles. The lowest BCUT2D eigenvalue weighted by Crippen LogP contribution is -3.62. The van der Waals surface area contributed by atoms with Crippen molar-refractivity contribution in [3.63, 3.8) is 0 Å². The van der Waals surface area contributed by atoms with Gasteiger partial charge in [0.05, 0.1) is 0 Å². The Balaban J connectivity index is 2.35. The number of hydrogen-bond acceptors (Lipinski definition) is 0. The Labute approximate surface area is 106 Å². The summed E-state index contributed by atoms with van der Waals surface area (Å²) in [6, 6.07) is 13.7. The molecule has 0 aliphatic carbocycles. The lowest BCUT2D eigenvalue weighted by molar-refractivity contribution is -0.598. The minimum atomic E-state index is -0.194. The Morgan fingerprint density at radius 2 is 1.50 bits per heavy atom. The zero-order chi connectivity index (χ0) is 11.5. The van der Waals surface area contributed by atoms with E-state index in [2.05, 4.69) is 24.3 Å². The molecule has 0 nitrogen and oxygen atoms in total. The van der Waals surface area contributed by atoms with E-state index in [-0.39, 0.29) is 27.0 Å². The molecule has 2 rings (SSSR count). The Morgan fingerprint density at radius 1 is 0.938 bits per heavy atom. The van der Waals surface area contributed by atoms with E-state index in [0.29, 0.717) is 0 Å². The molecule has 0 aliphatic rings. The first-order valence-electron chi connectivity index (χ1n) is 5.13. The third kappa shape index (κ3) is 2.61. The fourth-order valence-corrected chi connectivity index (χ4v) is 4.19. The maximum absolute atomic E-state index is 13.2. The summed E-state index contributed by atoms with van der Waals surface area (Å²) < 4.78 is 15.9. The lowest BCUT2D eigenvalue weighted by atomic mass is 10.2. The predicted molar refractivity (Wildman–Crippen MR) is 59.7 cm³/mol. The van der Waals surface area contributed by atoms with Gasteiger partial charge >= 0.3 is 21.2 Å². The van der Waals surface area contributed by atoms with Gasteiger partial charge in [-0.2, -0.15) is 0 Å². The molecule has 0 aromatic heterocycles. The molecule has 0 fully saturated rings. The van der Waals surface area contributed by atoms with E-state index in [1.54, 1.807) is 12.1 Å². The van der Waals surface area contributed by atoms with Crippen molar-refractivity contribution in [2.75, 3.05) is 0 Å². The van der Waals surface area contributed by atoms with Crippen LogP contribution in [0.1, 0.15) is 11.1 Å². The van der Waals surface area contributed by atoms with Crippen LogP contribution >= 0.6 is 0 Å². The van der Waals surface area contributed by atoms with E-state index in [9.17, 15) is 4.39 Å². The Hall–Kier alpha value is -0.900. The normalized spacial score (nSPS) is 10.4. The number of rotatable bonds is 2. The van der Waals surface area contributed by atoms with Crippen LogP contribution < -0.4 is 21.2 Å². The van der Waals surface area contributed by atoms with Gasteiger partial charge in [-0.1, -0.05) is 18.2 Å². The first-order chi connectivity index (χ1) is 7.66. The van der Waals surface area contributed by atoms with Crippen molar-refractivity contribution in [2.45, 2.75) is 13.8 Å². The quantitative estimate of drug-likeness (QED) is 0.708. The molecule has 0 spiro atoms. The molecule has 0 bridgehead atoms. The van der Waals surface area contributed by atoms with Gasteiger partial charge in [-0.15, -0.1) is 0 Å². The molecule has 2 heteroatoms. The van der Waals surface area contributed by atoms with Crippen LogP contribution in [0.5, 0.6) is 0 Å². The zero-order valence-electron chi connectivity index (χ0n) is 9.30. The minimum Gasteiger partial charge on any atom is -0.207 e. The van der Waals surface area contributed by atoms with Gasteiger partial charge in [0.1, 0.15) is 5.82 Å². The van der Waals surface area contributed by atoms with E-state index >= 15 is 0 Å². The maximum atomic E-state index is 13.2. The van der Waals surface area contributed by atoms with Crippen molar-refractivity contribution in [1.29, 1.82) is 0 Å². The lowest BCUT2D eigenvalue weighted by Gasteiger charge is -1.98. The van der Waals surface area contributed by atoms with Crippen molar-refractivity contribution in [3.05, 3.63) is 66.5 Å². The van der Waals surface area contributed by atoms with Gasteiger partial charge in [-0.25, -0.2) is 4.39 Å². The fraction of sp³-hybridized carbons (Fsp3) is 0.143. The van der Waals surface area contributed by atoms with Crippen LogP contribution in [0.4, 0.5) is 4.39 Å². The Bertz CT molecular complexity index is 468. The van der Waals surface area contributed by atoms with Gasteiger partial charge < -0.3 is 0 Å². The average Bonchev–Trinajstić information content (AvgIpc) is 2.25. The second-order valence-electron chi connectivity index (χ2n) is 3.74. The number of halogens is 2. The molecule has 0 unspecified atom stereocenters. The maximum Gasteiger partial charge on any atom is 0.358 e. The SMILES string of the molecule is Cc1cc(F)cc(C)c1[I+]c1ccccc1. The minimum absolute atomic E-state index is 0.129. The number of aryl methyl sites for hydroxylation is 2. The van der Waals surface area contributed by atoms with Crippen LogP contribution in [0, 0.1) is 26.8 Å². The summed E-state index contributed by atoms with van der Waals surface area (Å²) in [7, 11) is 0. The van der Waals surface area contributed by atoms with Gasteiger partial charge in [0.15, 0.2) is 7.14 Å². The predicted octanol–water partition coefficient (Wildman–Crippen LogP) is 0.571. The molecular weight excluding hydrogens is 314 g/mol. The van der Waals surface area contributed by atoms with Gasteiger partial charge in [0, 0.05) is 11.1 Å². The van der Waals surface area contributed by atoms with Crippen LogP contribution in [0.15, 0.2) is 42.5 Å². The second kappa shape index (κ2) is 4.95. The smallest absolute Gasteiger partial charge is 0.207 e.